The van der Waals surface area contributed by atoms with Crippen molar-refractivity contribution in [2.75, 3.05) is 58.1 Å². The Hall–Kier alpha value is -5.36. The second-order valence-electron chi connectivity index (χ2n) is 10.2. The summed E-state index contributed by atoms with van der Waals surface area (Å²) in [6, 6.07) is 11.1. The van der Waals surface area contributed by atoms with E-state index in [1.165, 1.54) is 30.5 Å². The molecule has 248 valence electrons. The number of ketones is 1. The molecule has 4 aromatic rings. The fraction of sp³-hybridized carbons (Fsp3) is 0.333. The number of carbonyl (C=O) groups excluding carboxylic acids is 3. The Labute approximate surface area is 269 Å². The van der Waals surface area contributed by atoms with Crippen LogP contribution in [0.2, 0.25) is 0 Å². The molecule has 1 aliphatic heterocycles. The number of nitrogens with one attached hydrogen (secondary N) is 6. The van der Waals surface area contributed by atoms with E-state index in [4.69, 9.17) is 14.6 Å². The molecule has 1 aliphatic rings. The lowest BCUT2D eigenvalue weighted by Crippen LogP contribution is -2.40. The third-order valence-electron chi connectivity index (χ3n) is 7.15. The van der Waals surface area contributed by atoms with Gasteiger partial charge in [0.15, 0.2) is 0 Å². The number of aliphatic imine (C=N–C) groups is 1. The molecule has 7 N–H and O–H groups in total. The van der Waals surface area contributed by atoms with E-state index in [9.17, 15) is 14.4 Å². The second kappa shape index (κ2) is 15.8. The van der Waals surface area contributed by atoms with Gasteiger partial charge in [0.05, 0.1) is 61.8 Å². The molecule has 0 saturated carbocycles. The summed E-state index contributed by atoms with van der Waals surface area (Å²) in [7, 11) is 1.45. The molecule has 0 unspecified atom stereocenters. The highest BCUT2D eigenvalue weighted by Gasteiger charge is 2.28. The van der Waals surface area contributed by atoms with Gasteiger partial charge in [0.25, 0.3) is 17.6 Å². The molecule has 5 rings (SSSR count). The number of para-hydroxylation sites is 1. The number of rotatable bonds is 16. The van der Waals surface area contributed by atoms with E-state index < -0.39 is 17.6 Å². The fourth-order valence-corrected chi connectivity index (χ4v) is 4.95. The van der Waals surface area contributed by atoms with E-state index in [0.29, 0.717) is 47.0 Å². The van der Waals surface area contributed by atoms with Gasteiger partial charge in [-0.25, -0.2) is 15.0 Å². The number of nitrogens with zero attached hydrogens (tertiary/aromatic N) is 5. The molecule has 17 nitrogen and oxygen atoms in total. The zero-order valence-electron chi connectivity index (χ0n) is 26.0. The number of aromatic nitrogens is 4. The molecular formula is C30H37N11O6. The number of Topliss-reactive ketones (excluding diaryl/α,β-unsaturated/α-hetero) is 1. The van der Waals surface area contributed by atoms with Gasteiger partial charge in [-0.3, -0.25) is 24.9 Å². The average molecular weight is 648 g/mol. The first-order chi connectivity index (χ1) is 23.0. The molecule has 1 saturated heterocycles. The molecule has 1 fully saturated rings. The largest absolute Gasteiger partial charge is 0.494 e. The van der Waals surface area contributed by atoms with Gasteiger partial charge in [0, 0.05) is 25.8 Å². The highest BCUT2D eigenvalue weighted by molar-refractivity contribution is 6.45. The normalized spacial score (nSPS) is 13.6. The van der Waals surface area contributed by atoms with Crippen molar-refractivity contribution < 1.29 is 29.0 Å². The van der Waals surface area contributed by atoms with Gasteiger partial charge < -0.3 is 29.8 Å². The van der Waals surface area contributed by atoms with Crippen LogP contribution in [0, 0.1) is 0 Å². The highest BCUT2D eigenvalue weighted by Crippen LogP contribution is 2.34. The topological polar surface area (TPSA) is 214 Å². The molecule has 2 amide bonds. The van der Waals surface area contributed by atoms with Gasteiger partial charge >= 0.3 is 0 Å². The minimum Gasteiger partial charge on any atom is -0.494 e. The zero-order chi connectivity index (χ0) is 33.2. The van der Waals surface area contributed by atoms with Crippen molar-refractivity contribution in [3.8, 4) is 17.1 Å². The van der Waals surface area contributed by atoms with Crippen LogP contribution in [0.15, 0.2) is 53.8 Å². The van der Waals surface area contributed by atoms with Crippen LogP contribution in [0.5, 0.6) is 5.75 Å². The lowest BCUT2D eigenvalue weighted by atomic mass is 10.1. The predicted octanol–water partition coefficient (Wildman–Crippen LogP) is 0.512. The molecule has 1 aromatic carbocycles. The number of carbonyl (C=O) groups is 3. The highest BCUT2D eigenvalue weighted by atomic mass is 16.5. The zero-order valence-corrected chi connectivity index (χ0v) is 26.0. The summed E-state index contributed by atoms with van der Waals surface area (Å²) in [5.41, 5.74) is 11.0. The van der Waals surface area contributed by atoms with Crippen molar-refractivity contribution in [2.45, 2.75) is 13.3 Å². The van der Waals surface area contributed by atoms with E-state index in [-0.39, 0.29) is 50.7 Å². The maximum absolute atomic E-state index is 13.7. The van der Waals surface area contributed by atoms with Crippen LogP contribution in [-0.4, -0.2) is 107 Å². The number of anilines is 1. The number of amides is 2. The van der Waals surface area contributed by atoms with E-state index >= 15 is 0 Å². The van der Waals surface area contributed by atoms with Crippen LogP contribution >= 0.6 is 0 Å². The molecule has 0 radical (unpaired) electrons. The number of guanidine groups is 1. The van der Waals surface area contributed by atoms with Gasteiger partial charge in [-0.2, -0.15) is 10.6 Å². The summed E-state index contributed by atoms with van der Waals surface area (Å²) < 4.78 is 10.7. The molecule has 4 heterocycles. The van der Waals surface area contributed by atoms with Crippen molar-refractivity contribution >= 4 is 40.1 Å². The molecule has 0 bridgehead atoms. The Morgan fingerprint density at radius 2 is 1.98 bits per heavy atom. The van der Waals surface area contributed by atoms with Gasteiger partial charge in [-0.15, -0.1) is 5.53 Å². The maximum Gasteiger partial charge on any atom is 0.295 e. The monoisotopic (exact) mass is 647 g/mol. The van der Waals surface area contributed by atoms with Crippen molar-refractivity contribution in [2.24, 2.45) is 4.99 Å². The Balaban J connectivity index is 1.32. The minimum atomic E-state index is -0.716. The Morgan fingerprint density at radius 3 is 2.74 bits per heavy atom. The van der Waals surface area contributed by atoms with E-state index in [2.05, 4.69) is 47.0 Å². The summed E-state index contributed by atoms with van der Waals surface area (Å²) >= 11 is 0. The molecule has 0 aliphatic carbocycles. The molecule has 17 heteroatoms. The first-order valence-electron chi connectivity index (χ1n) is 15.0. The number of hydrogen-bond acceptors (Lipinski definition) is 11. The third-order valence-corrected chi connectivity index (χ3v) is 7.15. The summed E-state index contributed by atoms with van der Waals surface area (Å²) in [5.74, 6) is -0.991. The number of hydrazine groups is 3. The smallest absolute Gasteiger partial charge is 0.295 e. The van der Waals surface area contributed by atoms with Crippen LogP contribution in [0.25, 0.3) is 22.3 Å². The fourth-order valence-electron chi connectivity index (χ4n) is 4.95. The first kappa shape index (κ1) is 33.0. The van der Waals surface area contributed by atoms with Gasteiger partial charge in [-0.05, 0) is 24.6 Å². The van der Waals surface area contributed by atoms with E-state index in [0.717, 1.165) is 5.69 Å². The van der Waals surface area contributed by atoms with Gasteiger partial charge in [-0.1, -0.05) is 25.1 Å². The van der Waals surface area contributed by atoms with Gasteiger partial charge in [0.2, 0.25) is 5.96 Å². The van der Waals surface area contributed by atoms with Crippen molar-refractivity contribution in [3.05, 3.63) is 60.0 Å². The lowest BCUT2D eigenvalue weighted by Gasteiger charge is -2.21. The van der Waals surface area contributed by atoms with Crippen LogP contribution in [-0.2, 0) is 9.53 Å². The van der Waals surface area contributed by atoms with Crippen LogP contribution in [0.3, 0.4) is 0 Å². The molecule has 3 aromatic heterocycles. The van der Waals surface area contributed by atoms with Crippen LogP contribution < -0.4 is 31.6 Å². The number of benzene rings is 1. The molecule has 47 heavy (non-hydrogen) atoms. The number of methoxy groups -OCH3 is 1. The summed E-state index contributed by atoms with van der Waals surface area (Å²) in [6.45, 7) is 3.31. The third kappa shape index (κ3) is 7.55. The number of aliphatic hydroxyl groups excluding tert-OH is 1. The lowest BCUT2D eigenvalue weighted by molar-refractivity contribution is -0.126. The summed E-state index contributed by atoms with van der Waals surface area (Å²) in [4.78, 5) is 53.4. The van der Waals surface area contributed by atoms with Crippen molar-refractivity contribution in [3.63, 3.8) is 0 Å². The summed E-state index contributed by atoms with van der Waals surface area (Å²) in [5, 5.41) is 20.5. The van der Waals surface area contributed by atoms with E-state index in [1.807, 2.05) is 37.3 Å². The number of aliphatic hydroxyl groups is 1. The minimum absolute atomic E-state index is 0.100. The number of aromatic amines is 2. The van der Waals surface area contributed by atoms with Crippen molar-refractivity contribution in [1.29, 1.82) is 0 Å². The number of ether oxygens (including phenoxy) is 2. The van der Waals surface area contributed by atoms with E-state index in [1.54, 1.807) is 5.01 Å². The Kier molecular flexibility index (Phi) is 11.1. The summed E-state index contributed by atoms with van der Waals surface area (Å²) in [6.07, 6.45) is 3.53. The quantitative estimate of drug-likeness (QED) is 0.0503. The number of hydrogen-bond donors (Lipinski definition) is 7. The SMILES string of the molecule is CCCN(CCN=C1NNNN1c1ccccc1)C(=O)C(=O)c1c[nH]c2c(-c3cc(C(=O)NCCOCCO)[nH]n3)ncc(OC)c12. The van der Waals surface area contributed by atoms with Crippen LogP contribution in [0.4, 0.5) is 5.69 Å². The van der Waals surface area contributed by atoms with Gasteiger partial charge in [0.1, 0.15) is 22.8 Å². The number of H-pyrrole nitrogens is 2. The van der Waals surface area contributed by atoms with Crippen molar-refractivity contribution in [1.82, 2.24) is 46.9 Å². The first-order valence-corrected chi connectivity index (χ1v) is 15.0. The second-order valence-corrected chi connectivity index (χ2v) is 10.2. The predicted molar refractivity (Wildman–Crippen MR) is 172 cm³/mol. The maximum atomic E-state index is 13.7. The molecule has 0 spiro atoms. The molecular weight excluding hydrogens is 610 g/mol. The Morgan fingerprint density at radius 1 is 1.15 bits per heavy atom. The standard InChI is InChI=1S/C30H37N11O6/c1-3-11-40(12-9-32-30-37-38-39-41(30)19-7-5-4-6-8-19)29(45)27(43)20-17-33-26-24(20)23(46-2)18-34-25(26)21-16-22(36-35-21)28(44)31-10-14-47-15-13-42/h4-8,16-18,33,38-39,42H,3,9-15H2,1-2H3,(H,31,44)(H,32,37)(H,35,36). The number of pyridine rings is 1. The molecule has 0 atom stereocenters. The average Bonchev–Trinajstić information content (AvgIpc) is 3.88. The number of fused-ring (bicyclic) bond motifs is 1. The van der Waals surface area contributed by atoms with Crippen LogP contribution in [0.1, 0.15) is 34.2 Å². The Bertz CT molecular complexity index is 1720.